The largest absolute Gasteiger partial charge is 0.316 e. The number of hydrogen-bond acceptors (Lipinski definition) is 0. The summed E-state index contributed by atoms with van der Waals surface area (Å²) in [6.45, 7) is 0. The Kier molecular flexibility index (Phi) is 5.54. The van der Waals surface area contributed by atoms with Crippen LogP contribution in [0.25, 0.3) is 77.1 Å². The van der Waals surface area contributed by atoms with E-state index >= 15 is 0 Å². The van der Waals surface area contributed by atoms with Gasteiger partial charge in [-0.2, -0.15) is 0 Å². The zero-order valence-corrected chi connectivity index (χ0v) is 24.1. The second-order valence-electron chi connectivity index (χ2n) is 11.4. The molecule has 0 bridgehead atoms. The maximum atomic E-state index is 2.39. The molecule has 0 atom stereocenters. The van der Waals surface area contributed by atoms with Gasteiger partial charge >= 0.3 is 0 Å². The lowest BCUT2D eigenvalue weighted by Gasteiger charge is -2.13. The van der Waals surface area contributed by atoms with Crippen molar-refractivity contribution in [2.45, 2.75) is 0 Å². The van der Waals surface area contributed by atoms with Crippen molar-refractivity contribution < 1.29 is 0 Å². The lowest BCUT2D eigenvalue weighted by atomic mass is 9.95. The highest BCUT2D eigenvalue weighted by molar-refractivity contribution is 6.15. The Hall–Kier alpha value is -5.86. The molecule has 2 aromatic heterocycles. The maximum absolute atomic E-state index is 2.39. The van der Waals surface area contributed by atoms with Gasteiger partial charge in [0.2, 0.25) is 0 Å². The zero-order chi connectivity index (χ0) is 29.0. The number of para-hydroxylation sites is 2. The second kappa shape index (κ2) is 9.86. The summed E-state index contributed by atoms with van der Waals surface area (Å²) in [6, 6.07) is 59.2. The summed E-state index contributed by atoms with van der Waals surface area (Å²) in [6.07, 6.45) is 2.19. The van der Waals surface area contributed by atoms with Crippen LogP contribution in [0.2, 0.25) is 0 Å². The van der Waals surface area contributed by atoms with Crippen molar-refractivity contribution in [2.75, 3.05) is 0 Å². The van der Waals surface area contributed by atoms with Crippen molar-refractivity contribution in [3.05, 3.63) is 170 Å². The topological polar surface area (TPSA) is 9.86 Å². The highest BCUT2D eigenvalue weighted by Gasteiger charge is 2.16. The van der Waals surface area contributed by atoms with Crippen molar-refractivity contribution in [3.63, 3.8) is 0 Å². The quantitative estimate of drug-likeness (QED) is 0.203. The fraction of sp³-hybridized carbons (Fsp3) is 0. The summed E-state index contributed by atoms with van der Waals surface area (Å²) in [4.78, 5) is 0. The smallest absolute Gasteiger partial charge is 0.0607 e. The molecule has 9 aromatic rings. The van der Waals surface area contributed by atoms with Crippen LogP contribution < -0.4 is 0 Å². The Morgan fingerprint density at radius 3 is 1.77 bits per heavy atom. The van der Waals surface area contributed by atoms with E-state index in [0.29, 0.717) is 0 Å². The van der Waals surface area contributed by atoms with Crippen LogP contribution in [0, 0.1) is 0 Å². The van der Waals surface area contributed by atoms with E-state index in [9.17, 15) is 0 Å². The standard InChI is InChI=1S/C42H28N2/c1-3-11-29(12-4-1)30-19-22-34(23-20-30)44-40-18-10-9-16-36(40)39-27-31(21-24-41(39)44)38-28-32-25-26-43(33-13-5-2-6-14-33)42(32)37-17-8-7-15-35(37)38/h1-28H. The first-order chi connectivity index (χ1) is 21.8. The Bertz CT molecular complexity index is 2460. The van der Waals surface area contributed by atoms with Gasteiger partial charge < -0.3 is 9.13 Å². The molecule has 0 saturated carbocycles. The first-order valence-electron chi connectivity index (χ1n) is 15.1. The Morgan fingerprint density at radius 2 is 0.977 bits per heavy atom. The van der Waals surface area contributed by atoms with Gasteiger partial charge in [0.15, 0.2) is 0 Å². The molecule has 0 saturated heterocycles. The predicted molar refractivity (Wildman–Crippen MR) is 186 cm³/mol. The van der Waals surface area contributed by atoms with Gasteiger partial charge in [0, 0.05) is 39.1 Å². The summed E-state index contributed by atoms with van der Waals surface area (Å²) in [5.74, 6) is 0. The lowest BCUT2D eigenvalue weighted by molar-refractivity contribution is 1.13. The van der Waals surface area contributed by atoms with Crippen LogP contribution in [0.1, 0.15) is 0 Å². The van der Waals surface area contributed by atoms with E-state index in [4.69, 9.17) is 0 Å². The highest BCUT2D eigenvalue weighted by atomic mass is 15.0. The van der Waals surface area contributed by atoms with Gasteiger partial charge in [-0.25, -0.2) is 0 Å². The molecule has 0 unspecified atom stereocenters. The van der Waals surface area contributed by atoms with Crippen molar-refractivity contribution in [3.8, 4) is 33.6 Å². The van der Waals surface area contributed by atoms with E-state index in [1.54, 1.807) is 0 Å². The fourth-order valence-corrected chi connectivity index (χ4v) is 6.90. The molecule has 44 heavy (non-hydrogen) atoms. The average molecular weight is 561 g/mol. The fourth-order valence-electron chi connectivity index (χ4n) is 6.90. The third-order valence-electron chi connectivity index (χ3n) is 8.94. The van der Waals surface area contributed by atoms with Gasteiger partial charge in [-0.05, 0) is 82.2 Å². The third-order valence-corrected chi connectivity index (χ3v) is 8.94. The minimum atomic E-state index is 1.16. The van der Waals surface area contributed by atoms with Crippen LogP contribution >= 0.6 is 0 Å². The summed E-state index contributed by atoms with van der Waals surface area (Å²) in [7, 11) is 0. The summed E-state index contributed by atoms with van der Waals surface area (Å²) in [5, 5.41) is 6.28. The predicted octanol–water partition coefficient (Wildman–Crippen LogP) is 11.2. The Morgan fingerprint density at radius 1 is 0.364 bits per heavy atom. The molecule has 2 heterocycles. The third kappa shape index (κ3) is 3.82. The van der Waals surface area contributed by atoms with Gasteiger partial charge in [-0.3, -0.25) is 0 Å². The molecule has 0 fully saturated rings. The van der Waals surface area contributed by atoms with Crippen LogP contribution in [0.5, 0.6) is 0 Å². The minimum absolute atomic E-state index is 1.16. The molecule has 0 aliphatic carbocycles. The number of nitrogens with zero attached hydrogens (tertiary/aromatic N) is 2. The molecule has 0 aliphatic rings. The number of hydrogen-bond donors (Lipinski definition) is 0. The highest BCUT2D eigenvalue weighted by Crippen LogP contribution is 2.40. The van der Waals surface area contributed by atoms with E-state index in [1.807, 2.05) is 0 Å². The van der Waals surface area contributed by atoms with Gasteiger partial charge in [0.25, 0.3) is 0 Å². The second-order valence-corrected chi connectivity index (χ2v) is 11.4. The zero-order valence-electron chi connectivity index (χ0n) is 24.1. The van der Waals surface area contributed by atoms with E-state index in [-0.39, 0.29) is 0 Å². The van der Waals surface area contributed by atoms with Gasteiger partial charge in [0.1, 0.15) is 0 Å². The molecule has 0 N–H and O–H groups in total. The van der Waals surface area contributed by atoms with Crippen LogP contribution in [-0.4, -0.2) is 9.13 Å². The van der Waals surface area contributed by atoms with Gasteiger partial charge in [0.05, 0.1) is 16.6 Å². The number of aromatic nitrogens is 2. The average Bonchev–Trinajstić information content (AvgIpc) is 3.68. The molecular weight excluding hydrogens is 532 g/mol. The monoisotopic (exact) mass is 560 g/mol. The van der Waals surface area contributed by atoms with Crippen molar-refractivity contribution in [1.82, 2.24) is 9.13 Å². The van der Waals surface area contributed by atoms with Crippen LogP contribution in [0.3, 0.4) is 0 Å². The number of fused-ring (bicyclic) bond motifs is 6. The molecule has 0 spiro atoms. The normalized spacial score (nSPS) is 11.6. The first kappa shape index (κ1) is 24.7. The Labute approximate surface area is 255 Å². The molecule has 2 heteroatoms. The van der Waals surface area contributed by atoms with Crippen molar-refractivity contribution in [2.24, 2.45) is 0 Å². The summed E-state index contributed by atoms with van der Waals surface area (Å²) >= 11 is 0. The van der Waals surface area contributed by atoms with Crippen LogP contribution in [0.4, 0.5) is 0 Å². The van der Waals surface area contributed by atoms with E-state index < -0.39 is 0 Å². The number of benzene rings is 7. The molecule has 206 valence electrons. The summed E-state index contributed by atoms with van der Waals surface area (Å²) in [5.41, 5.74) is 10.9. The molecule has 0 amide bonds. The SMILES string of the molecule is c1ccc(-c2ccc(-n3c4ccccc4c4cc(-c5cc6ccn(-c7ccccc7)c6c6ccccc56)ccc43)cc2)cc1. The van der Waals surface area contributed by atoms with Gasteiger partial charge in [-0.1, -0.05) is 109 Å². The minimum Gasteiger partial charge on any atom is -0.316 e. The van der Waals surface area contributed by atoms with E-state index in [2.05, 4.69) is 179 Å². The van der Waals surface area contributed by atoms with Crippen molar-refractivity contribution in [1.29, 1.82) is 0 Å². The van der Waals surface area contributed by atoms with Crippen LogP contribution in [0.15, 0.2) is 170 Å². The molecule has 7 aromatic carbocycles. The van der Waals surface area contributed by atoms with E-state index in [1.165, 1.54) is 71.4 Å². The molecule has 2 nitrogen and oxygen atoms in total. The molecular formula is C42H28N2. The van der Waals surface area contributed by atoms with Gasteiger partial charge in [-0.15, -0.1) is 0 Å². The molecule has 9 rings (SSSR count). The van der Waals surface area contributed by atoms with E-state index in [0.717, 1.165) is 5.69 Å². The van der Waals surface area contributed by atoms with Crippen molar-refractivity contribution >= 4 is 43.5 Å². The maximum Gasteiger partial charge on any atom is 0.0607 e. The molecule has 0 radical (unpaired) electrons. The Balaban J connectivity index is 1.23. The first-order valence-corrected chi connectivity index (χ1v) is 15.1. The summed E-state index contributed by atoms with van der Waals surface area (Å²) < 4.78 is 4.70. The lowest BCUT2D eigenvalue weighted by Crippen LogP contribution is -1.94. The molecule has 0 aliphatic heterocycles. The van der Waals surface area contributed by atoms with Crippen LogP contribution in [-0.2, 0) is 0 Å². The number of rotatable bonds is 4.